The van der Waals surface area contributed by atoms with Crippen LogP contribution in [0.5, 0.6) is 0 Å². The SMILES string of the molecule is O=C(O)c1cc(NC2CCS(O)(O)CC2)ncn1. The lowest BCUT2D eigenvalue weighted by Gasteiger charge is -2.39. The van der Waals surface area contributed by atoms with Crippen LogP contribution in [0.3, 0.4) is 0 Å². The maximum atomic E-state index is 10.7. The van der Waals surface area contributed by atoms with Crippen molar-refractivity contribution in [1.82, 2.24) is 9.97 Å². The third-order valence-corrected chi connectivity index (χ3v) is 4.60. The molecule has 0 spiro atoms. The molecule has 0 atom stereocenters. The molecule has 0 radical (unpaired) electrons. The van der Waals surface area contributed by atoms with Gasteiger partial charge in [0.2, 0.25) is 0 Å². The van der Waals surface area contributed by atoms with Crippen LogP contribution < -0.4 is 5.32 Å². The minimum absolute atomic E-state index is 0.0624. The summed E-state index contributed by atoms with van der Waals surface area (Å²) in [6.07, 6.45) is 2.46. The Balaban J connectivity index is 1.98. The fourth-order valence-electron chi connectivity index (χ4n) is 1.82. The zero-order valence-corrected chi connectivity index (χ0v) is 10.4. The predicted octanol–water partition coefficient (Wildman–Crippen LogP) is 1.50. The van der Waals surface area contributed by atoms with Crippen molar-refractivity contribution in [2.75, 3.05) is 16.8 Å². The van der Waals surface area contributed by atoms with Crippen molar-refractivity contribution in [2.45, 2.75) is 18.9 Å². The van der Waals surface area contributed by atoms with Crippen LogP contribution in [-0.4, -0.2) is 47.7 Å². The number of hydrogen-bond donors (Lipinski definition) is 4. The molecule has 100 valence electrons. The first kappa shape index (κ1) is 13.1. The van der Waals surface area contributed by atoms with Crippen LogP contribution in [0, 0.1) is 0 Å². The number of carboxylic acid groups (broad SMARTS) is 1. The van der Waals surface area contributed by atoms with Gasteiger partial charge in [0.15, 0.2) is 5.69 Å². The lowest BCUT2D eigenvalue weighted by molar-refractivity contribution is 0.0690. The number of carboxylic acids is 1. The first-order valence-electron chi connectivity index (χ1n) is 5.52. The van der Waals surface area contributed by atoms with Crippen LogP contribution in [0.25, 0.3) is 0 Å². The number of aromatic carboxylic acids is 1. The Morgan fingerprint density at radius 3 is 2.61 bits per heavy atom. The molecule has 1 aromatic rings. The molecule has 0 saturated carbocycles. The first-order valence-corrected chi connectivity index (χ1v) is 7.40. The molecule has 0 aliphatic carbocycles. The van der Waals surface area contributed by atoms with Crippen molar-refractivity contribution in [1.29, 1.82) is 0 Å². The summed E-state index contributed by atoms with van der Waals surface area (Å²) >= 11 is 0. The maximum absolute atomic E-state index is 10.7. The van der Waals surface area contributed by atoms with Gasteiger partial charge in [-0.3, -0.25) is 9.11 Å². The lowest BCUT2D eigenvalue weighted by atomic mass is 10.1. The molecule has 4 N–H and O–H groups in total. The highest BCUT2D eigenvalue weighted by molar-refractivity contribution is 8.24. The van der Waals surface area contributed by atoms with Crippen LogP contribution in [0.1, 0.15) is 23.3 Å². The second-order valence-electron chi connectivity index (χ2n) is 4.22. The third kappa shape index (κ3) is 3.31. The van der Waals surface area contributed by atoms with Crippen LogP contribution in [-0.2, 0) is 0 Å². The Labute approximate surface area is 106 Å². The lowest BCUT2D eigenvalue weighted by Crippen LogP contribution is -2.30. The minimum Gasteiger partial charge on any atom is -0.477 e. The second kappa shape index (κ2) is 5.09. The van der Waals surface area contributed by atoms with Crippen molar-refractivity contribution < 1.29 is 19.0 Å². The first-order chi connectivity index (χ1) is 8.46. The van der Waals surface area contributed by atoms with E-state index < -0.39 is 16.6 Å². The van der Waals surface area contributed by atoms with Gasteiger partial charge in [0.25, 0.3) is 0 Å². The molecule has 0 aromatic carbocycles. The molecule has 1 aliphatic rings. The van der Waals surface area contributed by atoms with Crippen LogP contribution in [0.15, 0.2) is 12.4 Å². The molecule has 0 bridgehead atoms. The van der Waals surface area contributed by atoms with Crippen LogP contribution >= 0.6 is 10.6 Å². The zero-order valence-electron chi connectivity index (χ0n) is 9.61. The number of hydrogen-bond acceptors (Lipinski definition) is 6. The molecule has 8 heteroatoms. The Morgan fingerprint density at radius 1 is 1.33 bits per heavy atom. The summed E-state index contributed by atoms with van der Waals surface area (Å²) < 4.78 is 19.0. The summed E-state index contributed by atoms with van der Waals surface area (Å²) in [5.74, 6) is 0.104. The number of aromatic nitrogens is 2. The number of nitrogens with zero attached hydrogens (tertiary/aromatic N) is 2. The normalized spacial score (nSPS) is 21.2. The Bertz CT molecular complexity index is 445. The number of carbonyl (C=O) groups is 1. The third-order valence-electron chi connectivity index (χ3n) is 2.82. The molecular weight excluding hydrogens is 258 g/mol. The van der Waals surface area contributed by atoms with Gasteiger partial charge in [-0.05, 0) is 12.8 Å². The minimum atomic E-state index is -2.40. The van der Waals surface area contributed by atoms with E-state index in [-0.39, 0.29) is 11.7 Å². The summed E-state index contributed by atoms with van der Waals surface area (Å²) in [5, 5.41) is 11.9. The smallest absolute Gasteiger partial charge is 0.354 e. The summed E-state index contributed by atoms with van der Waals surface area (Å²) in [6, 6.07) is 1.45. The van der Waals surface area contributed by atoms with Crippen molar-refractivity contribution in [2.24, 2.45) is 0 Å². The molecule has 1 saturated heterocycles. The molecular formula is C10H15N3O4S. The van der Waals surface area contributed by atoms with E-state index in [0.717, 1.165) is 0 Å². The van der Waals surface area contributed by atoms with E-state index in [2.05, 4.69) is 15.3 Å². The van der Waals surface area contributed by atoms with Gasteiger partial charge in [-0.1, -0.05) is 0 Å². The molecule has 1 aliphatic heterocycles. The van der Waals surface area contributed by atoms with E-state index >= 15 is 0 Å². The average molecular weight is 273 g/mol. The highest BCUT2D eigenvalue weighted by atomic mass is 32.3. The van der Waals surface area contributed by atoms with Crippen LogP contribution in [0.4, 0.5) is 5.82 Å². The monoisotopic (exact) mass is 273 g/mol. The van der Waals surface area contributed by atoms with E-state index in [9.17, 15) is 13.9 Å². The van der Waals surface area contributed by atoms with E-state index in [1.165, 1.54) is 12.4 Å². The van der Waals surface area contributed by atoms with Gasteiger partial charge in [0, 0.05) is 23.6 Å². The summed E-state index contributed by atoms with van der Waals surface area (Å²) in [4.78, 5) is 18.3. The quantitative estimate of drug-likeness (QED) is 0.659. The number of nitrogens with one attached hydrogen (secondary N) is 1. The maximum Gasteiger partial charge on any atom is 0.354 e. The van der Waals surface area contributed by atoms with E-state index in [4.69, 9.17) is 5.11 Å². The largest absolute Gasteiger partial charge is 0.477 e. The number of rotatable bonds is 3. The molecule has 2 rings (SSSR count). The predicted molar refractivity (Wildman–Crippen MR) is 68.2 cm³/mol. The van der Waals surface area contributed by atoms with Crippen molar-refractivity contribution in [3.8, 4) is 0 Å². The standard InChI is InChI=1S/C10H15N3O4S/c14-10(15)8-5-9(12-6-11-8)13-7-1-3-18(16,17)4-2-7/h5-7,16-17H,1-4H2,(H,14,15)(H,11,12,13). The highest BCUT2D eigenvalue weighted by Gasteiger charge is 2.24. The molecule has 7 nitrogen and oxygen atoms in total. The van der Waals surface area contributed by atoms with Gasteiger partial charge in [-0.2, -0.15) is 10.6 Å². The second-order valence-corrected chi connectivity index (χ2v) is 6.64. The molecule has 0 amide bonds. The summed E-state index contributed by atoms with van der Waals surface area (Å²) in [6.45, 7) is 0. The molecule has 2 heterocycles. The van der Waals surface area contributed by atoms with Crippen molar-refractivity contribution >= 4 is 22.4 Å². The van der Waals surface area contributed by atoms with E-state index in [1.54, 1.807) is 0 Å². The Morgan fingerprint density at radius 2 is 2.00 bits per heavy atom. The van der Waals surface area contributed by atoms with E-state index in [0.29, 0.717) is 30.2 Å². The summed E-state index contributed by atoms with van der Waals surface area (Å²) in [7, 11) is -2.40. The molecule has 1 aromatic heterocycles. The molecule has 0 unspecified atom stereocenters. The van der Waals surface area contributed by atoms with Gasteiger partial charge < -0.3 is 10.4 Å². The van der Waals surface area contributed by atoms with Gasteiger partial charge in [-0.15, -0.1) is 0 Å². The van der Waals surface area contributed by atoms with Crippen LogP contribution in [0.2, 0.25) is 0 Å². The van der Waals surface area contributed by atoms with Crippen molar-refractivity contribution in [3.63, 3.8) is 0 Å². The fraction of sp³-hybridized carbons (Fsp3) is 0.500. The van der Waals surface area contributed by atoms with Gasteiger partial charge in [0.1, 0.15) is 12.1 Å². The van der Waals surface area contributed by atoms with Gasteiger partial charge in [0.05, 0.1) is 0 Å². The zero-order chi connectivity index (χ0) is 13.2. The Kier molecular flexibility index (Phi) is 3.69. The topological polar surface area (TPSA) is 116 Å². The molecule has 1 fully saturated rings. The van der Waals surface area contributed by atoms with E-state index in [1.807, 2.05) is 0 Å². The summed E-state index contributed by atoms with van der Waals surface area (Å²) in [5.41, 5.74) is -0.0624. The average Bonchev–Trinajstić information content (AvgIpc) is 2.32. The fourth-order valence-corrected chi connectivity index (χ4v) is 3.34. The van der Waals surface area contributed by atoms with Crippen molar-refractivity contribution in [3.05, 3.63) is 18.1 Å². The highest BCUT2D eigenvalue weighted by Crippen LogP contribution is 2.44. The van der Waals surface area contributed by atoms with Gasteiger partial charge >= 0.3 is 5.97 Å². The Hall–Kier alpha value is -1.38. The number of anilines is 1. The molecule has 18 heavy (non-hydrogen) atoms. The van der Waals surface area contributed by atoms with Gasteiger partial charge in [-0.25, -0.2) is 14.8 Å².